The quantitative estimate of drug-likeness (QED) is 0.905. The van der Waals surface area contributed by atoms with Gasteiger partial charge in [-0.15, -0.1) is 0 Å². The second-order valence-electron chi connectivity index (χ2n) is 5.87. The van der Waals surface area contributed by atoms with Crippen LogP contribution in [0.5, 0.6) is 5.75 Å². The van der Waals surface area contributed by atoms with Crippen molar-refractivity contribution < 1.29 is 4.74 Å². The van der Waals surface area contributed by atoms with E-state index in [0.29, 0.717) is 11.8 Å². The summed E-state index contributed by atoms with van der Waals surface area (Å²) >= 11 is 0. The number of methoxy groups -OCH3 is 1. The second-order valence-corrected chi connectivity index (χ2v) is 5.87. The van der Waals surface area contributed by atoms with Crippen molar-refractivity contribution in [2.45, 2.75) is 20.4 Å². The average molecular weight is 262 g/mol. The predicted octanol–water partition coefficient (Wildman–Crippen LogP) is 2.37. The fourth-order valence-corrected chi connectivity index (χ4v) is 2.86. The Morgan fingerprint density at radius 1 is 1.16 bits per heavy atom. The van der Waals surface area contributed by atoms with Crippen molar-refractivity contribution in [2.75, 3.05) is 33.3 Å². The Morgan fingerprint density at radius 2 is 1.79 bits per heavy atom. The molecule has 19 heavy (non-hydrogen) atoms. The number of para-hydroxylation sites is 1. The normalized spacial score (nSPS) is 25.6. The summed E-state index contributed by atoms with van der Waals surface area (Å²) in [5.41, 5.74) is 1.29. The standard InChI is InChI=1S/C16H26N2O/c1-13-8-17-9-14(2)11-18(10-13)12-15-6-4-5-7-16(15)19-3/h4-7,13-14,17H,8-12H2,1-3H3. The molecule has 2 unspecified atom stereocenters. The summed E-state index contributed by atoms with van der Waals surface area (Å²) in [4.78, 5) is 2.56. The third kappa shape index (κ3) is 4.22. The van der Waals surface area contributed by atoms with Gasteiger partial charge in [-0.2, -0.15) is 0 Å². The Kier molecular flexibility index (Phi) is 5.23. The first kappa shape index (κ1) is 14.4. The van der Waals surface area contributed by atoms with Gasteiger partial charge in [-0.25, -0.2) is 0 Å². The SMILES string of the molecule is COc1ccccc1CN1CC(C)CNCC(C)C1. The fraction of sp³-hybridized carbons (Fsp3) is 0.625. The Hall–Kier alpha value is -1.06. The van der Waals surface area contributed by atoms with Crippen molar-refractivity contribution in [2.24, 2.45) is 11.8 Å². The van der Waals surface area contributed by atoms with Crippen LogP contribution in [-0.2, 0) is 6.54 Å². The number of hydrogen-bond donors (Lipinski definition) is 1. The molecule has 0 aromatic heterocycles. The van der Waals surface area contributed by atoms with Gasteiger partial charge in [0, 0.05) is 25.2 Å². The van der Waals surface area contributed by atoms with E-state index in [4.69, 9.17) is 4.74 Å². The zero-order valence-corrected chi connectivity index (χ0v) is 12.4. The van der Waals surface area contributed by atoms with Crippen LogP contribution >= 0.6 is 0 Å². The highest BCUT2D eigenvalue weighted by Gasteiger charge is 2.18. The molecular weight excluding hydrogens is 236 g/mol. The number of nitrogens with zero attached hydrogens (tertiary/aromatic N) is 1. The van der Waals surface area contributed by atoms with E-state index in [9.17, 15) is 0 Å². The van der Waals surface area contributed by atoms with Crippen molar-refractivity contribution in [1.82, 2.24) is 10.2 Å². The summed E-state index contributed by atoms with van der Waals surface area (Å²) in [5.74, 6) is 2.40. The van der Waals surface area contributed by atoms with Crippen molar-refractivity contribution in [3.05, 3.63) is 29.8 Å². The minimum absolute atomic E-state index is 0.696. The number of nitrogens with one attached hydrogen (secondary N) is 1. The number of ether oxygens (including phenoxy) is 1. The van der Waals surface area contributed by atoms with Gasteiger partial charge in [-0.1, -0.05) is 32.0 Å². The van der Waals surface area contributed by atoms with E-state index in [1.807, 2.05) is 12.1 Å². The molecule has 0 bridgehead atoms. The zero-order valence-electron chi connectivity index (χ0n) is 12.4. The van der Waals surface area contributed by atoms with E-state index < -0.39 is 0 Å². The van der Waals surface area contributed by atoms with Crippen LogP contribution in [-0.4, -0.2) is 38.2 Å². The second kappa shape index (κ2) is 6.92. The molecular formula is C16H26N2O. The van der Waals surface area contributed by atoms with E-state index in [2.05, 4.69) is 36.2 Å². The molecule has 1 aromatic carbocycles. The summed E-state index contributed by atoms with van der Waals surface area (Å²) in [7, 11) is 1.75. The highest BCUT2D eigenvalue weighted by Crippen LogP contribution is 2.20. The molecule has 0 spiro atoms. The smallest absolute Gasteiger partial charge is 0.123 e. The van der Waals surface area contributed by atoms with Crippen LogP contribution in [0.4, 0.5) is 0 Å². The summed E-state index contributed by atoms with van der Waals surface area (Å²) in [6.07, 6.45) is 0. The molecule has 1 fully saturated rings. The lowest BCUT2D eigenvalue weighted by Gasteiger charge is -2.32. The highest BCUT2D eigenvalue weighted by molar-refractivity contribution is 5.33. The van der Waals surface area contributed by atoms with Crippen LogP contribution < -0.4 is 10.1 Å². The van der Waals surface area contributed by atoms with Crippen molar-refractivity contribution in [1.29, 1.82) is 0 Å². The molecule has 3 heteroatoms. The molecule has 0 aliphatic carbocycles. The minimum atomic E-state index is 0.696. The van der Waals surface area contributed by atoms with Crippen LogP contribution in [0.1, 0.15) is 19.4 Å². The van der Waals surface area contributed by atoms with Crippen LogP contribution in [0.25, 0.3) is 0 Å². The molecule has 2 atom stereocenters. The summed E-state index contributed by atoms with van der Waals surface area (Å²) in [5, 5.41) is 3.54. The van der Waals surface area contributed by atoms with Gasteiger partial charge in [0.15, 0.2) is 0 Å². The van der Waals surface area contributed by atoms with E-state index >= 15 is 0 Å². The molecule has 1 N–H and O–H groups in total. The lowest BCUT2D eigenvalue weighted by atomic mass is 10.0. The molecule has 1 aromatic rings. The first-order chi connectivity index (χ1) is 9.19. The van der Waals surface area contributed by atoms with E-state index in [-0.39, 0.29) is 0 Å². The summed E-state index contributed by atoms with van der Waals surface area (Å²) in [6, 6.07) is 8.35. The van der Waals surface area contributed by atoms with Crippen molar-refractivity contribution in [3.8, 4) is 5.75 Å². The minimum Gasteiger partial charge on any atom is -0.496 e. The van der Waals surface area contributed by atoms with Crippen molar-refractivity contribution in [3.63, 3.8) is 0 Å². The zero-order chi connectivity index (χ0) is 13.7. The van der Waals surface area contributed by atoms with Gasteiger partial charge < -0.3 is 10.1 Å². The molecule has 0 radical (unpaired) electrons. The first-order valence-electron chi connectivity index (χ1n) is 7.24. The summed E-state index contributed by atoms with van der Waals surface area (Å²) < 4.78 is 5.46. The largest absolute Gasteiger partial charge is 0.496 e. The van der Waals surface area contributed by atoms with Crippen LogP contribution in [0, 0.1) is 11.8 Å². The van der Waals surface area contributed by atoms with Gasteiger partial charge in [-0.3, -0.25) is 4.90 Å². The Bertz CT molecular complexity index is 382. The third-order valence-corrected chi connectivity index (χ3v) is 3.71. The van der Waals surface area contributed by atoms with Crippen LogP contribution in [0.15, 0.2) is 24.3 Å². The molecule has 1 heterocycles. The molecule has 1 aliphatic rings. The first-order valence-corrected chi connectivity index (χ1v) is 7.24. The van der Waals surface area contributed by atoms with Crippen molar-refractivity contribution >= 4 is 0 Å². The van der Waals surface area contributed by atoms with E-state index in [0.717, 1.165) is 38.5 Å². The lowest BCUT2D eigenvalue weighted by molar-refractivity contribution is 0.177. The number of rotatable bonds is 3. The monoisotopic (exact) mass is 262 g/mol. The maximum absolute atomic E-state index is 5.46. The predicted molar refractivity (Wildman–Crippen MR) is 79.5 cm³/mol. The molecule has 0 amide bonds. The van der Waals surface area contributed by atoms with Gasteiger partial charge in [0.25, 0.3) is 0 Å². The molecule has 0 saturated carbocycles. The summed E-state index contributed by atoms with van der Waals surface area (Å²) in [6.45, 7) is 10.2. The van der Waals surface area contributed by atoms with E-state index in [1.165, 1.54) is 5.56 Å². The molecule has 3 nitrogen and oxygen atoms in total. The lowest BCUT2D eigenvalue weighted by Crippen LogP contribution is -2.42. The van der Waals surface area contributed by atoms with Crippen LogP contribution in [0.3, 0.4) is 0 Å². The maximum atomic E-state index is 5.46. The topological polar surface area (TPSA) is 24.5 Å². The third-order valence-electron chi connectivity index (χ3n) is 3.71. The van der Waals surface area contributed by atoms with Gasteiger partial charge in [0.1, 0.15) is 5.75 Å². The fourth-order valence-electron chi connectivity index (χ4n) is 2.86. The Labute approximate surface area is 116 Å². The van der Waals surface area contributed by atoms with E-state index in [1.54, 1.807) is 7.11 Å². The number of benzene rings is 1. The van der Waals surface area contributed by atoms with Gasteiger partial charge in [0.05, 0.1) is 7.11 Å². The molecule has 2 rings (SSSR count). The molecule has 1 aliphatic heterocycles. The number of hydrogen-bond acceptors (Lipinski definition) is 3. The van der Waals surface area contributed by atoms with Gasteiger partial charge >= 0.3 is 0 Å². The maximum Gasteiger partial charge on any atom is 0.123 e. The Morgan fingerprint density at radius 3 is 2.42 bits per heavy atom. The Balaban J connectivity index is 2.06. The molecule has 1 saturated heterocycles. The van der Waals surface area contributed by atoms with Gasteiger partial charge in [0.2, 0.25) is 0 Å². The average Bonchev–Trinajstić information content (AvgIpc) is 2.37. The highest BCUT2D eigenvalue weighted by atomic mass is 16.5. The molecule has 106 valence electrons. The van der Waals surface area contributed by atoms with Gasteiger partial charge in [-0.05, 0) is 31.0 Å². The van der Waals surface area contributed by atoms with Crippen LogP contribution in [0.2, 0.25) is 0 Å².